The highest BCUT2D eigenvalue weighted by Crippen LogP contribution is 2.26. The number of aromatic nitrogens is 2. The molecule has 2 atom stereocenters. The molecular weight excluding hydrogens is 362 g/mol. The summed E-state index contributed by atoms with van der Waals surface area (Å²) in [6.07, 6.45) is 1.07. The Hall–Kier alpha value is -3.13. The molecular formula is C20H23N3O5. The number of nitrogens with zero attached hydrogens (tertiary/aromatic N) is 2. The van der Waals surface area contributed by atoms with Crippen LogP contribution < -0.4 is 15.6 Å². The Morgan fingerprint density at radius 3 is 2.61 bits per heavy atom. The highest BCUT2D eigenvalue weighted by Gasteiger charge is 2.23. The van der Waals surface area contributed by atoms with E-state index < -0.39 is 18.4 Å². The molecule has 0 saturated heterocycles. The molecule has 148 valence electrons. The highest BCUT2D eigenvalue weighted by atomic mass is 16.7. The first-order chi connectivity index (χ1) is 13.3. The van der Waals surface area contributed by atoms with Crippen molar-refractivity contribution in [1.29, 1.82) is 0 Å². The van der Waals surface area contributed by atoms with E-state index >= 15 is 0 Å². The van der Waals surface area contributed by atoms with Crippen molar-refractivity contribution >= 4 is 27.8 Å². The number of benzene rings is 1. The van der Waals surface area contributed by atoms with E-state index in [9.17, 15) is 9.59 Å². The van der Waals surface area contributed by atoms with E-state index in [1.165, 1.54) is 0 Å². The maximum absolute atomic E-state index is 12.6. The molecule has 2 aromatic heterocycles. The Kier molecular flexibility index (Phi) is 5.51. The van der Waals surface area contributed by atoms with Gasteiger partial charge < -0.3 is 24.5 Å². The second-order valence-corrected chi connectivity index (χ2v) is 6.87. The Morgan fingerprint density at radius 1 is 1.18 bits per heavy atom. The fourth-order valence-electron chi connectivity index (χ4n) is 3.09. The van der Waals surface area contributed by atoms with Crippen LogP contribution in [-0.4, -0.2) is 39.2 Å². The molecule has 8 nitrogen and oxygen atoms in total. The lowest BCUT2D eigenvalue weighted by Crippen LogP contribution is -2.45. The van der Waals surface area contributed by atoms with E-state index in [1.807, 2.05) is 26.0 Å². The molecule has 0 bridgehead atoms. The van der Waals surface area contributed by atoms with E-state index in [0.717, 1.165) is 10.8 Å². The van der Waals surface area contributed by atoms with Gasteiger partial charge in [0.25, 0.3) is 5.56 Å². The molecule has 0 radical (unpaired) electrons. The van der Waals surface area contributed by atoms with Crippen LogP contribution in [0.15, 0.2) is 41.5 Å². The molecule has 3 rings (SSSR count). The van der Waals surface area contributed by atoms with Gasteiger partial charge in [-0.15, -0.1) is 0 Å². The van der Waals surface area contributed by atoms with E-state index in [1.54, 1.807) is 43.1 Å². The van der Waals surface area contributed by atoms with Crippen LogP contribution >= 0.6 is 0 Å². The zero-order valence-electron chi connectivity index (χ0n) is 16.2. The predicted octanol–water partition coefficient (Wildman–Crippen LogP) is 2.87. The lowest BCUT2D eigenvalue weighted by atomic mass is 10.1. The van der Waals surface area contributed by atoms with Crippen LogP contribution in [0, 0.1) is 0 Å². The summed E-state index contributed by atoms with van der Waals surface area (Å²) in [4.78, 5) is 27.6. The van der Waals surface area contributed by atoms with Crippen LogP contribution in [0.25, 0.3) is 21.7 Å². The molecule has 0 aliphatic heterocycles. The largest absolute Gasteiger partial charge is 0.465 e. The first kappa shape index (κ1) is 19.6. The summed E-state index contributed by atoms with van der Waals surface area (Å²) in [5, 5.41) is 13.6. The van der Waals surface area contributed by atoms with Crippen LogP contribution in [-0.2, 0) is 11.8 Å². The molecule has 2 N–H and O–H groups in total. The summed E-state index contributed by atoms with van der Waals surface area (Å²) in [5.74, 6) is 0.473. The molecule has 0 aliphatic rings. The normalized spacial score (nSPS) is 13.6. The monoisotopic (exact) mass is 385 g/mol. The van der Waals surface area contributed by atoms with Gasteiger partial charge in [-0.25, -0.2) is 4.79 Å². The SMILES string of the molecule is CC(C)OC(Oc1ccc2c3ccncc3c(=O)n(C)c2c1)C(C)NC(=O)O. The van der Waals surface area contributed by atoms with Gasteiger partial charge in [0.1, 0.15) is 5.75 Å². The summed E-state index contributed by atoms with van der Waals surface area (Å²) in [5.41, 5.74) is 0.548. The first-order valence-electron chi connectivity index (χ1n) is 8.96. The lowest BCUT2D eigenvalue weighted by Gasteiger charge is -2.27. The molecule has 1 amide bonds. The maximum atomic E-state index is 12.6. The van der Waals surface area contributed by atoms with Gasteiger partial charge in [-0.3, -0.25) is 9.78 Å². The van der Waals surface area contributed by atoms with Gasteiger partial charge in [-0.2, -0.15) is 0 Å². The topological polar surface area (TPSA) is 103 Å². The minimum atomic E-state index is -1.16. The van der Waals surface area contributed by atoms with Gasteiger partial charge in [0, 0.05) is 30.9 Å². The molecule has 2 unspecified atom stereocenters. The van der Waals surface area contributed by atoms with Crippen molar-refractivity contribution in [2.45, 2.75) is 39.2 Å². The summed E-state index contributed by atoms with van der Waals surface area (Å²) >= 11 is 0. The van der Waals surface area contributed by atoms with Gasteiger partial charge in [0.15, 0.2) is 0 Å². The molecule has 0 saturated carbocycles. The average Bonchev–Trinajstić information content (AvgIpc) is 2.64. The second kappa shape index (κ2) is 7.85. The first-order valence-corrected chi connectivity index (χ1v) is 8.96. The summed E-state index contributed by atoms with van der Waals surface area (Å²) in [6.45, 7) is 5.35. The number of amides is 1. The van der Waals surface area contributed by atoms with Gasteiger partial charge in [0.05, 0.1) is 23.0 Å². The molecule has 28 heavy (non-hydrogen) atoms. The number of carboxylic acid groups (broad SMARTS) is 1. The lowest BCUT2D eigenvalue weighted by molar-refractivity contribution is -0.122. The summed E-state index contributed by atoms with van der Waals surface area (Å²) in [7, 11) is 1.69. The number of rotatable bonds is 6. The Morgan fingerprint density at radius 2 is 1.93 bits per heavy atom. The average molecular weight is 385 g/mol. The number of ether oxygens (including phenoxy) is 2. The number of nitrogens with one attached hydrogen (secondary N) is 1. The van der Waals surface area contributed by atoms with Crippen molar-refractivity contribution in [3.8, 4) is 5.75 Å². The van der Waals surface area contributed by atoms with Crippen LogP contribution in [0.4, 0.5) is 4.79 Å². The standard InChI is InChI=1S/C20H23N3O5/c1-11(2)27-19(12(3)22-20(25)26)28-13-5-6-15-14-7-8-21-10-16(14)18(24)23(4)17(15)9-13/h5-12,19,22H,1-4H3,(H,25,26). The van der Waals surface area contributed by atoms with E-state index in [2.05, 4.69) is 10.3 Å². The minimum absolute atomic E-state index is 0.149. The van der Waals surface area contributed by atoms with Crippen molar-refractivity contribution < 1.29 is 19.4 Å². The molecule has 0 fully saturated rings. The molecule has 1 aromatic carbocycles. The fraction of sp³-hybridized carbons (Fsp3) is 0.350. The Bertz CT molecular complexity index is 1080. The minimum Gasteiger partial charge on any atom is -0.465 e. The third kappa shape index (κ3) is 3.91. The van der Waals surface area contributed by atoms with E-state index in [-0.39, 0.29) is 11.7 Å². The molecule has 0 aliphatic carbocycles. The zero-order valence-corrected chi connectivity index (χ0v) is 16.2. The number of fused-ring (bicyclic) bond motifs is 3. The number of aryl methyl sites for hydroxylation is 1. The molecule has 2 heterocycles. The van der Waals surface area contributed by atoms with Crippen LogP contribution in [0.3, 0.4) is 0 Å². The third-order valence-electron chi connectivity index (χ3n) is 4.39. The predicted molar refractivity (Wildman–Crippen MR) is 106 cm³/mol. The van der Waals surface area contributed by atoms with Crippen molar-refractivity contribution in [2.75, 3.05) is 0 Å². The van der Waals surface area contributed by atoms with Crippen molar-refractivity contribution in [1.82, 2.24) is 14.9 Å². The fourth-order valence-corrected chi connectivity index (χ4v) is 3.09. The van der Waals surface area contributed by atoms with E-state index in [4.69, 9.17) is 14.6 Å². The number of pyridine rings is 2. The molecule has 8 heteroatoms. The molecule has 0 spiro atoms. The van der Waals surface area contributed by atoms with Crippen molar-refractivity contribution in [3.63, 3.8) is 0 Å². The van der Waals surface area contributed by atoms with Crippen LogP contribution in [0.1, 0.15) is 20.8 Å². The van der Waals surface area contributed by atoms with Crippen LogP contribution in [0.5, 0.6) is 5.75 Å². The number of carbonyl (C=O) groups is 1. The van der Waals surface area contributed by atoms with Gasteiger partial charge in [0.2, 0.25) is 6.29 Å². The van der Waals surface area contributed by atoms with Crippen molar-refractivity contribution in [2.24, 2.45) is 7.05 Å². The summed E-state index contributed by atoms with van der Waals surface area (Å²) in [6, 6.07) is 6.61. The highest BCUT2D eigenvalue weighted by molar-refractivity contribution is 6.05. The van der Waals surface area contributed by atoms with E-state index in [0.29, 0.717) is 16.7 Å². The maximum Gasteiger partial charge on any atom is 0.405 e. The van der Waals surface area contributed by atoms with Gasteiger partial charge in [-0.05, 0) is 44.4 Å². The number of hydrogen-bond acceptors (Lipinski definition) is 5. The third-order valence-corrected chi connectivity index (χ3v) is 4.39. The Balaban J connectivity index is 2.03. The summed E-state index contributed by atoms with van der Waals surface area (Å²) < 4.78 is 13.2. The second-order valence-electron chi connectivity index (χ2n) is 6.87. The smallest absolute Gasteiger partial charge is 0.405 e. The van der Waals surface area contributed by atoms with Crippen LogP contribution in [0.2, 0.25) is 0 Å². The van der Waals surface area contributed by atoms with Gasteiger partial charge >= 0.3 is 6.09 Å². The van der Waals surface area contributed by atoms with Crippen molar-refractivity contribution in [3.05, 3.63) is 47.0 Å². The molecule has 3 aromatic rings. The van der Waals surface area contributed by atoms with Gasteiger partial charge in [-0.1, -0.05) is 0 Å². The Labute approximate surface area is 161 Å². The quantitative estimate of drug-likeness (QED) is 0.500. The zero-order chi connectivity index (χ0) is 20.4. The number of hydrogen-bond donors (Lipinski definition) is 2.